The number of aromatic carboxylic acids is 1. The Morgan fingerprint density at radius 1 is 0.743 bits per heavy atom. The molecule has 1 N–H and O–H groups in total. The number of likely N-dealkylation sites (N-methyl/N-ethyl adjacent to an activating group) is 2. The van der Waals surface area contributed by atoms with Gasteiger partial charge in [-0.1, -0.05) is 36.4 Å². The maximum Gasteiger partial charge on any atom is 0.335 e. The molecule has 6 heteroatoms. The number of carboxylic acids is 1. The molecule has 0 spiro atoms. The normalized spacial score (nSPS) is 11.7. The van der Waals surface area contributed by atoms with Crippen molar-refractivity contribution in [3.8, 4) is 11.5 Å². The van der Waals surface area contributed by atoms with Crippen molar-refractivity contribution < 1.29 is 19.4 Å². The molecule has 3 rings (SSSR count). The predicted octanol–water partition coefficient (Wildman–Crippen LogP) is 4.85. The number of hydrogen-bond donors (Lipinski definition) is 1. The van der Waals surface area contributed by atoms with Gasteiger partial charge in [0.15, 0.2) is 0 Å². The van der Waals surface area contributed by atoms with Gasteiger partial charge in [-0.2, -0.15) is 0 Å². The molecule has 0 saturated heterocycles. The molecule has 0 aromatic heterocycles. The van der Waals surface area contributed by atoms with E-state index in [2.05, 4.69) is 15.9 Å². The van der Waals surface area contributed by atoms with Gasteiger partial charge in [0.05, 0.1) is 5.56 Å². The van der Waals surface area contributed by atoms with E-state index in [4.69, 9.17) is 9.47 Å². The fourth-order valence-corrected chi connectivity index (χ4v) is 3.43. The molecule has 0 aliphatic rings. The quantitative estimate of drug-likeness (QED) is 0.379. The molecule has 184 valence electrons. The van der Waals surface area contributed by atoms with Crippen molar-refractivity contribution in [2.45, 2.75) is 0 Å². The molecule has 3 aromatic carbocycles. The topological polar surface area (TPSA) is 62.2 Å². The van der Waals surface area contributed by atoms with E-state index in [0.717, 1.165) is 46.9 Å². The number of nitrogens with zero attached hydrogens (tertiary/aromatic N) is 2. The van der Waals surface area contributed by atoms with Gasteiger partial charge in [0, 0.05) is 13.1 Å². The molecule has 0 amide bonds. The maximum absolute atomic E-state index is 11.4. The van der Waals surface area contributed by atoms with E-state index in [-0.39, 0.29) is 5.56 Å². The molecule has 3 aromatic rings. The molecule has 0 aliphatic heterocycles. The Bertz CT molecular complexity index is 1140. The summed E-state index contributed by atoms with van der Waals surface area (Å²) in [4.78, 5) is 15.5. The zero-order valence-corrected chi connectivity index (χ0v) is 20.9. The Balaban J connectivity index is 1.95. The lowest BCUT2D eigenvalue weighted by Gasteiger charge is -2.14. The smallest absolute Gasteiger partial charge is 0.335 e. The summed E-state index contributed by atoms with van der Waals surface area (Å²) in [5.41, 5.74) is 4.10. The first kappa shape index (κ1) is 26.0. The van der Waals surface area contributed by atoms with E-state index < -0.39 is 5.97 Å². The summed E-state index contributed by atoms with van der Waals surface area (Å²) in [5, 5.41) is 9.31. The third-order valence-electron chi connectivity index (χ3n) is 5.37. The lowest BCUT2D eigenvalue weighted by atomic mass is 9.94. The van der Waals surface area contributed by atoms with E-state index in [1.54, 1.807) is 12.1 Å². The van der Waals surface area contributed by atoms with E-state index in [9.17, 15) is 9.90 Å². The van der Waals surface area contributed by atoms with Gasteiger partial charge in [-0.25, -0.2) is 4.79 Å². The summed E-state index contributed by atoms with van der Waals surface area (Å²) in [5.74, 6) is 0.654. The van der Waals surface area contributed by atoms with Crippen LogP contribution >= 0.6 is 0 Å². The predicted molar refractivity (Wildman–Crippen MR) is 141 cm³/mol. The van der Waals surface area contributed by atoms with Crippen molar-refractivity contribution in [2.75, 3.05) is 54.5 Å². The number of rotatable bonds is 12. The van der Waals surface area contributed by atoms with Crippen LogP contribution in [0.15, 0.2) is 72.8 Å². The molecule has 0 unspecified atom stereocenters. The molecule has 6 nitrogen and oxygen atoms in total. The minimum Gasteiger partial charge on any atom is -0.492 e. The highest BCUT2D eigenvalue weighted by atomic mass is 16.5. The average molecular weight is 475 g/mol. The molecule has 0 saturated carbocycles. The van der Waals surface area contributed by atoms with Crippen LogP contribution in [0.3, 0.4) is 0 Å². The third kappa shape index (κ3) is 8.28. The monoisotopic (exact) mass is 474 g/mol. The van der Waals surface area contributed by atoms with Crippen molar-refractivity contribution >= 4 is 17.6 Å². The van der Waals surface area contributed by atoms with Gasteiger partial charge in [0.1, 0.15) is 24.7 Å². The largest absolute Gasteiger partial charge is 0.492 e. The lowest BCUT2D eigenvalue weighted by molar-refractivity contribution is 0.0697. The number of ether oxygens (including phenoxy) is 2. The van der Waals surface area contributed by atoms with Gasteiger partial charge in [-0.05, 0) is 92.9 Å². The minimum atomic E-state index is -0.944. The number of carboxylic acid groups (broad SMARTS) is 1. The van der Waals surface area contributed by atoms with Crippen LogP contribution in [-0.2, 0) is 0 Å². The van der Waals surface area contributed by atoms with Crippen LogP contribution in [0.4, 0.5) is 0 Å². The summed E-state index contributed by atoms with van der Waals surface area (Å²) in [7, 11) is 8.06. The van der Waals surface area contributed by atoms with Crippen LogP contribution in [0, 0.1) is 0 Å². The van der Waals surface area contributed by atoms with Crippen molar-refractivity contribution in [3.63, 3.8) is 0 Å². The second-order valence-corrected chi connectivity index (χ2v) is 8.84. The van der Waals surface area contributed by atoms with Gasteiger partial charge in [0.25, 0.3) is 0 Å². The zero-order valence-electron chi connectivity index (χ0n) is 20.9. The first-order chi connectivity index (χ1) is 16.8. The highest BCUT2D eigenvalue weighted by Gasteiger charge is 2.10. The summed E-state index contributed by atoms with van der Waals surface area (Å²) >= 11 is 0. The van der Waals surface area contributed by atoms with Crippen LogP contribution in [0.2, 0.25) is 0 Å². The molecular formula is C29H34N2O4. The fraction of sp³-hybridized carbons (Fsp3) is 0.276. The van der Waals surface area contributed by atoms with Crippen LogP contribution in [-0.4, -0.2) is 75.4 Å². The van der Waals surface area contributed by atoms with E-state index >= 15 is 0 Å². The van der Waals surface area contributed by atoms with Gasteiger partial charge in [-0.3, -0.25) is 0 Å². The Morgan fingerprint density at radius 2 is 1.29 bits per heavy atom. The number of carbonyl (C=O) groups is 1. The van der Waals surface area contributed by atoms with Crippen molar-refractivity contribution in [1.29, 1.82) is 0 Å². The molecule has 0 heterocycles. The maximum atomic E-state index is 11.4. The molecule has 35 heavy (non-hydrogen) atoms. The third-order valence-corrected chi connectivity index (χ3v) is 5.37. The molecular weight excluding hydrogens is 440 g/mol. The second-order valence-electron chi connectivity index (χ2n) is 8.84. The highest BCUT2D eigenvalue weighted by Crippen LogP contribution is 2.30. The van der Waals surface area contributed by atoms with Crippen molar-refractivity contribution in [2.24, 2.45) is 0 Å². The molecule has 0 bridgehead atoms. The van der Waals surface area contributed by atoms with Gasteiger partial charge >= 0.3 is 5.97 Å². The molecule has 0 aliphatic carbocycles. The molecule has 0 radical (unpaired) electrons. The van der Waals surface area contributed by atoms with Crippen molar-refractivity contribution in [1.82, 2.24) is 9.80 Å². The standard InChI is InChI=1S/C29H34N2O4/c1-30(2)15-17-34-26-9-5-7-22(19-26)20-28(23-11-13-24(14-12-23)29(32)33)25-8-6-10-27(21-25)35-18-16-31(3)4/h5-14,19-21H,15-18H2,1-4H3,(H,32,33)/b28-20-. The second kappa shape index (κ2) is 12.7. The first-order valence-electron chi connectivity index (χ1n) is 11.6. The van der Waals surface area contributed by atoms with E-state index in [1.165, 1.54) is 0 Å². The van der Waals surface area contributed by atoms with E-state index in [0.29, 0.717) is 13.2 Å². The van der Waals surface area contributed by atoms with Gasteiger partial charge in [-0.15, -0.1) is 0 Å². The highest BCUT2D eigenvalue weighted by molar-refractivity contribution is 5.93. The zero-order chi connectivity index (χ0) is 25.2. The van der Waals surface area contributed by atoms with Crippen LogP contribution in [0.5, 0.6) is 11.5 Å². The summed E-state index contributed by atoms with van der Waals surface area (Å²) in [6.07, 6.45) is 2.09. The van der Waals surface area contributed by atoms with Crippen LogP contribution in [0.1, 0.15) is 27.0 Å². The first-order valence-corrected chi connectivity index (χ1v) is 11.6. The summed E-state index contributed by atoms with van der Waals surface area (Å²) in [6, 6.07) is 22.9. The van der Waals surface area contributed by atoms with Gasteiger partial charge < -0.3 is 24.4 Å². The Labute approximate surface area is 208 Å². The minimum absolute atomic E-state index is 0.255. The Kier molecular flexibility index (Phi) is 9.47. The Morgan fingerprint density at radius 3 is 1.86 bits per heavy atom. The fourth-order valence-electron chi connectivity index (χ4n) is 3.43. The van der Waals surface area contributed by atoms with Gasteiger partial charge in [0.2, 0.25) is 0 Å². The Hall–Kier alpha value is -3.61. The molecule has 0 atom stereocenters. The van der Waals surface area contributed by atoms with Crippen LogP contribution in [0.25, 0.3) is 11.6 Å². The summed E-state index contributed by atoms with van der Waals surface area (Å²) in [6.45, 7) is 2.86. The summed E-state index contributed by atoms with van der Waals surface area (Å²) < 4.78 is 11.9. The van der Waals surface area contributed by atoms with Crippen molar-refractivity contribution in [3.05, 3.63) is 95.1 Å². The lowest BCUT2D eigenvalue weighted by Crippen LogP contribution is -2.19. The van der Waals surface area contributed by atoms with E-state index in [1.807, 2.05) is 88.9 Å². The number of hydrogen-bond acceptors (Lipinski definition) is 5. The van der Waals surface area contributed by atoms with Crippen LogP contribution < -0.4 is 9.47 Å². The SMILES string of the molecule is CN(C)CCOc1cccc(/C=C(/c2ccc(C(=O)O)cc2)c2cccc(OCCN(C)C)c2)c1. The molecule has 0 fully saturated rings. The number of benzene rings is 3. The average Bonchev–Trinajstić information content (AvgIpc) is 2.83.